The molecule has 0 fully saturated rings. The first-order valence-electron chi connectivity index (χ1n) is 11.2. The van der Waals surface area contributed by atoms with Crippen molar-refractivity contribution in [2.45, 2.75) is 25.8 Å². The molecule has 3 aromatic carbocycles. The van der Waals surface area contributed by atoms with Crippen LogP contribution >= 0.6 is 0 Å². The molecule has 0 saturated carbocycles. The van der Waals surface area contributed by atoms with Crippen molar-refractivity contribution in [2.75, 3.05) is 4.90 Å². The zero-order valence-corrected chi connectivity index (χ0v) is 19.4. The first-order valence-corrected chi connectivity index (χ1v) is 11.2. The Morgan fingerprint density at radius 2 is 1.63 bits per heavy atom. The number of carbonyl (C=O) groups excluding carboxylic acids is 2. The molecule has 1 amide bonds. The molecule has 3 aromatic rings. The van der Waals surface area contributed by atoms with Crippen LogP contribution < -0.4 is 4.90 Å². The molecule has 1 atom stereocenters. The van der Waals surface area contributed by atoms with Crippen molar-refractivity contribution in [3.05, 3.63) is 119 Å². The van der Waals surface area contributed by atoms with Crippen LogP contribution in [0, 0.1) is 0 Å². The molecule has 0 aromatic heterocycles. The number of nitrogens with zero attached hydrogens (tertiary/aromatic N) is 1. The van der Waals surface area contributed by atoms with E-state index in [2.05, 4.69) is 13.8 Å². The fourth-order valence-corrected chi connectivity index (χ4v) is 4.12. The highest BCUT2D eigenvalue weighted by molar-refractivity contribution is 6.20. The lowest BCUT2D eigenvalue weighted by Gasteiger charge is -2.27. The molecule has 0 bridgehead atoms. The number of benzene rings is 3. The van der Waals surface area contributed by atoms with Gasteiger partial charge in [0.05, 0.1) is 17.2 Å². The van der Waals surface area contributed by atoms with E-state index in [0.29, 0.717) is 5.56 Å². The summed E-state index contributed by atoms with van der Waals surface area (Å²) in [7, 11) is 0. The summed E-state index contributed by atoms with van der Waals surface area (Å²) in [5.41, 5.74) is 2.72. The standard InChI is InChI=1S/C29H25NO5/c1-18(2)20-12-14-21(15-13-20)26-25(24(31)16-11-19-7-4-3-5-8-19)27(32)28(33)30(26)23-10-6-9-22(17-23)29(34)35/h3-18,26,32H,1-2H3,(H,34,35)/t26-/m0/s1. The van der Waals surface area contributed by atoms with Crippen molar-refractivity contribution < 1.29 is 24.6 Å². The smallest absolute Gasteiger partial charge is 0.335 e. The molecule has 6 heteroatoms. The van der Waals surface area contributed by atoms with Crippen molar-refractivity contribution in [2.24, 2.45) is 0 Å². The molecule has 0 radical (unpaired) electrons. The zero-order valence-electron chi connectivity index (χ0n) is 19.4. The molecule has 0 aliphatic carbocycles. The Morgan fingerprint density at radius 1 is 0.943 bits per heavy atom. The van der Waals surface area contributed by atoms with Crippen molar-refractivity contribution in [1.29, 1.82) is 0 Å². The number of amides is 1. The van der Waals surface area contributed by atoms with Gasteiger partial charge >= 0.3 is 5.97 Å². The number of carboxylic acid groups (broad SMARTS) is 1. The van der Waals surface area contributed by atoms with Gasteiger partial charge in [-0.05, 0) is 46.9 Å². The molecule has 35 heavy (non-hydrogen) atoms. The highest BCUT2D eigenvalue weighted by Gasteiger charge is 2.43. The van der Waals surface area contributed by atoms with Crippen molar-refractivity contribution >= 4 is 29.4 Å². The number of aliphatic hydroxyl groups is 1. The molecule has 2 N–H and O–H groups in total. The lowest BCUT2D eigenvalue weighted by atomic mass is 9.93. The topological polar surface area (TPSA) is 94.9 Å². The SMILES string of the molecule is CC(C)c1ccc([C@H]2C(C(=O)C=Cc3ccccc3)=C(O)C(=O)N2c2cccc(C(=O)O)c2)cc1. The molecule has 4 rings (SSSR count). The Labute approximate surface area is 203 Å². The Kier molecular flexibility index (Phi) is 6.64. The molecule has 0 saturated heterocycles. The Balaban J connectivity index is 1.81. The molecular weight excluding hydrogens is 442 g/mol. The molecular formula is C29H25NO5. The largest absolute Gasteiger partial charge is 0.503 e. The number of ketones is 1. The number of hydrogen-bond donors (Lipinski definition) is 2. The molecule has 1 aliphatic rings. The highest BCUT2D eigenvalue weighted by atomic mass is 16.4. The summed E-state index contributed by atoms with van der Waals surface area (Å²) in [6.07, 6.45) is 2.96. The second kappa shape index (κ2) is 9.81. The van der Waals surface area contributed by atoms with Gasteiger partial charge in [0.25, 0.3) is 5.91 Å². The van der Waals surface area contributed by atoms with E-state index in [1.165, 1.54) is 29.2 Å². The molecule has 1 aliphatic heterocycles. The summed E-state index contributed by atoms with van der Waals surface area (Å²) in [5, 5.41) is 20.3. The van der Waals surface area contributed by atoms with E-state index >= 15 is 0 Å². The minimum Gasteiger partial charge on any atom is -0.503 e. The number of aliphatic hydroxyl groups excluding tert-OH is 1. The summed E-state index contributed by atoms with van der Waals surface area (Å²) in [6, 6.07) is 21.7. The fraction of sp³-hybridized carbons (Fsp3) is 0.138. The fourth-order valence-electron chi connectivity index (χ4n) is 4.12. The Bertz CT molecular complexity index is 1340. The number of allylic oxidation sites excluding steroid dienone is 1. The minimum absolute atomic E-state index is 0.00699. The molecule has 1 heterocycles. The first kappa shape index (κ1) is 23.7. The van der Waals surface area contributed by atoms with Gasteiger partial charge in [-0.2, -0.15) is 0 Å². The van der Waals surface area contributed by atoms with Crippen LogP contribution in [0.4, 0.5) is 5.69 Å². The van der Waals surface area contributed by atoms with Gasteiger partial charge in [-0.15, -0.1) is 0 Å². The lowest BCUT2D eigenvalue weighted by molar-refractivity contribution is -0.117. The maximum Gasteiger partial charge on any atom is 0.335 e. The van der Waals surface area contributed by atoms with Gasteiger partial charge in [0.2, 0.25) is 0 Å². The normalized spacial score (nSPS) is 15.9. The Hall–Kier alpha value is -4.45. The molecule has 6 nitrogen and oxygen atoms in total. The van der Waals surface area contributed by atoms with E-state index in [4.69, 9.17) is 0 Å². The second-order valence-corrected chi connectivity index (χ2v) is 8.63. The van der Waals surface area contributed by atoms with Crippen molar-refractivity contribution in [3.63, 3.8) is 0 Å². The van der Waals surface area contributed by atoms with E-state index in [-0.39, 0.29) is 22.7 Å². The number of rotatable bonds is 7. The maximum atomic E-state index is 13.3. The predicted octanol–water partition coefficient (Wildman–Crippen LogP) is 5.69. The van der Waals surface area contributed by atoms with Crippen LogP contribution in [0.3, 0.4) is 0 Å². The van der Waals surface area contributed by atoms with Crippen molar-refractivity contribution in [3.8, 4) is 0 Å². The van der Waals surface area contributed by atoms with Crippen molar-refractivity contribution in [1.82, 2.24) is 0 Å². The monoisotopic (exact) mass is 467 g/mol. The summed E-state index contributed by atoms with van der Waals surface area (Å²) < 4.78 is 0. The molecule has 0 unspecified atom stereocenters. The average molecular weight is 468 g/mol. The zero-order chi connectivity index (χ0) is 25.1. The molecule has 0 spiro atoms. The number of carbonyl (C=O) groups is 3. The van der Waals surface area contributed by atoms with Gasteiger partial charge in [-0.3, -0.25) is 14.5 Å². The van der Waals surface area contributed by atoms with Gasteiger partial charge in [-0.1, -0.05) is 80.6 Å². The van der Waals surface area contributed by atoms with Crippen LogP contribution in [0.15, 0.2) is 96.3 Å². The third-order valence-corrected chi connectivity index (χ3v) is 5.99. The predicted molar refractivity (Wildman–Crippen MR) is 134 cm³/mol. The van der Waals surface area contributed by atoms with Crippen LogP contribution in [0.1, 0.15) is 52.9 Å². The van der Waals surface area contributed by atoms with E-state index in [1.807, 2.05) is 54.6 Å². The van der Waals surface area contributed by atoms with Gasteiger partial charge in [0.15, 0.2) is 11.5 Å². The van der Waals surface area contributed by atoms with E-state index in [0.717, 1.165) is 11.1 Å². The van der Waals surface area contributed by atoms with Gasteiger partial charge in [0, 0.05) is 5.69 Å². The quantitative estimate of drug-likeness (QED) is 0.435. The summed E-state index contributed by atoms with van der Waals surface area (Å²) in [5.74, 6) is -2.77. The third-order valence-electron chi connectivity index (χ3n) is 5.99. The number of anilines is 1. The van der Waals surface area contributed by atoms with E-state index in [1.54, 1.807) is 12.1 Å². The van der Waals surface area contributed by atoms with E-state index < -0.39 is 29.5 Å². The van der Waals surface area contributed by atoms with Crippen LogP contribution in [-0.4, -0.2) is 27.9 Å². The first-order chi connectivity index (χ1) is 16.8. The minimum atomic E-state index is -1.14. The Morgan fingerprint density at radius 3 is 2.26 bits per heavy atom. The lowest BCUT2D eigenvalue weighted by Crippen LogP contribution is -2.31. The third kappa shape index (κ3) is 4.77. The number of carboxylic acids is 1. The van der Waals surface area contributed by atoms with Gasteiger partial charge in [0.1, 0.15) is 0 Å². The summed E-state index contributed by atoms with van der Waals surface area (Å²) in [6.45, 7) is 4.12. The average Bonchev–Trinajstić information content (AvgIpc) is 3.13. The van der Waals surface area contributed by atoms with E-state index in [9.17, 15) is 24.6 Å². The molecule has 176 valence electrons. The number of aromatic carboxylic acids is 1. The summed E-state index contributed by atoms with van der Waals surface area (Å²) >= 11 is 0. The van der Waals surface area contributed by atoms with Crippen LogP contribution in [-0.2, 0) is 9.59 Å². The number of hydrogen-bond acceptors (Lipinski definition) is 4. The van der Waals surface area contributed by atoms with Crippen LogP contribution in [0.5, 0.6) is 0 Å². The second-order valence-electron chi connectivity index (χ2n) is 8.63. The highest BCUT2D eigenvalue weighted by Crippen LogP contribution is 2.41. The summed E-state index contributed by atoms with van der Waals surface area (Å²) in [4.78, 5) is 39.3. The van der Waals surface area contributed by atoms with Gasteiger partial charge in [-0.25, -0.2) is 4.79 Å². The maximum absolute atomic E-state index is 13.3. The van der Waals surface area contributed by atoms with Crippen LogP contribution in [0.2, 0.25) is 0 Å². The van der Waals surface area contributed by atoms with Crippen LogP contribution in [0.25, 0.3) is 6.08 Å². The van der Waals surface area contributed by atoms with Gasteiger partial charge < -0.3 is 10.2 Å².